The summed E-state index contributed by atoms with van der Waals surface area (Å²) in [5.41, 5.74) is 0.778. The molecule has 0 amide bonds. The van der Waals surface area contributed by atoms with Crippen LogP contribution < -0.4 is 4.72 Å². The van der Waals surface area contributed by atoms with Crippen LogP contribution in [0.4, 0.5) is 8.78 Å². The fourth-order valence-electron chi connectivity index (χ4n) is 2.49. The third-order valence-electron chi connectivity index (χ3n) is 3.81. The molecule has 3 rings (SSSR count). The largest absolute Gasteiger partial charge is 0.241 e. The van der Waals surface area contributed by atoms with Crippen molar-refractivity contribution in [3.05, 3.63) is 77.9 Å². The second kappa shape index (κ2) is 6.30. The van der Waals surface area contributed by atoms with Gasteiger partial charge in [0.15, 0.2) is 11.6 Å². The number of rotatable bonds is 4. The molecule has 0 spiro atoms. The van der Waals surface area contributed by atoms with Gasteiger partial charge in [0.1, 0.15) is 0 Å². The second-order valence-electron chi connectivity index (χ2n) is 5.53. The zero-order chi connectivity index (χ0) is 17.3. The van der Waals surface area contributed by atoms with Gasteiger partial charge in [-0.3, -0.25) is 0 Å². The lowest BCUT2D eigenvalue weighted by atomic mass is 10.0. The monoisotopic (exact) mass is 347 g/mol. The Bertz CT molecular complexity index is 1000. The van der Waals surface area contributed by atoms with E-state index in [-0.39, 0.29) is 4.90 Å². The molecule has 0 heterocycles. The zero-order valence-corrected chi connectivity index (χ0v) is 13.6. The Morgan fingerprint density at radius 1 is 0.875 bits per heavy atom. The van der Waals surface area contributed by atoms with Gasteiger partial charge < -0.3 is 0 Å². The molecule has 0 unspecified atom stereocenters. The van der Waals surface area contributed by atoms with Crippen molar-refractivity contribution in [1.29, 1.82) is 0 Å². The molecule has 0 saturated heterocycles. The van der Waals surface area contributed by atoms with Crippen LogP contribution in [-0.2, 0) is 10.0 Å². The molecular weight excluding hydrogens is 332 g/mol. The van der Waals surface area contributed by atoms with Crippen molar-refractivity contribution in [2.45, 2.75) is 17.9 Å². The highest BCUT2D eigenvalue weighted by molar-refractivity contribution is 7.89. The minimum absolute atomic E-state index is 0.311. The van der Waals surface area contributed by atoms with E-state index in [0.717, 1.165) is 28.5 Å². The highest BCUT2D eigenvalue weighted by Crippen LogP contribution is 2.22. The van der Waals surface area contributed by atoms with Crippen molar-refractivity contribution in [2.75, 3.05) is 0 Å². The van der Waals surface area contributed by atoms with E-state index in [2.05, 4.69) is 4.72 Å². The summed E-state index contributed by atoms with van der Waals surface area (Å²) in [6.45, 7) is 1.70. The summed E-state index contributed by atoms with van der Waals surface area (Å²) >= 11 is 0. The second-order valence-corrected chi connectivity index (χ2v) is 7.24. The molecule has 0 fully saturated rings. The Morgan fingerprint density at radius 2 is 1.58 bits per heavy atom. The van der Waals surface area contributed by atoms with E-state index in [4.69, 9.17) is 0 Å². The van der Waals surface area contributed by atoms with Crippen molar-refractivity contribution >= 4 is 20.8 Å². The zero-order valence-electron chi connectivity index (χ0n) is 12.8. The maximum Gasteiger partial charge on any atom is 0.241 e. The summed E-state index contributed by atoms with van der Waals surface area (Å²) in [5.74, 6) is -2.28. The van der Waals surface area contributed by atoms with Gasteiger partial charge in [0.05, 0.1) is 4.90 Å². The molecule has 0 aromatic heterocycles. The van der Waals surface area contributed by atoms with E-state index in [1.165, 1.54) is 0 Å². The average molecular weight is 347 g/mol. The summed E-state index contributed by atoms with van der Waals surface area (Å²) < 4.78 is 53.4. The van der Waals surface area contributed by atoms with Gasteiger partial charge in [0, 0.05) is 6.04 Å². The van der Waals surface area contributed by atoms with Crippen LogP contribution in [0.1, 0.15) is 18.5 Å². The number of nitrogens with one attached hydrogen (secondary N) is 1. The molecule has 3 aromatic rings. The van der Waals surface area contributed by atoms with Crippen molar-refractivity contribution in [1.82, 2.24) is 4.72 Å². The molecule has 0 radical (unpaired) electrons. The maximum atomic E-state index is 13.3. The van der Waals surface area contributed by atoms with Crippen molar-refractivity contribution in [3.63, 3.8) is 0 Å². The number of benzene rings is 3. The topological polar surface area (TPSA) is 46.2 Å². The third-order valence-corrected chi connectivity index (χ3v) is 5.35. The predicted octanol–water partition coefficient (Wildman–Crippen LogP) is 4.16. The Balaban J connectivity index is 1.88. The summed E-state index contributed by atoms with van der Waals surface area (Å²) in [5, 5.41) is 2.05. The van der Waals surface area contributed by atoms with E-state index >= 15 is 0 Å². The van der Waals surface area contributed by atoms with Crippen LogP contribution >= 0.6 is 0 Å². The minimum Gasteiger partial charge on any atom is -0.207 e. The molecule has 3 nitrogen and oxygen atoms in total. The fraction of sp³-hybridized carbons (Fsp3) is 0.111. The lowest BCUT2D eigenvalue weighted by Gasteiger charge is -2.15. The number of sulfonamides is 1. The number of fused-ring (bicyclic) bond motifs is 1. The Morgan fingerprint density at radius 3 is 2.29 bits per heavy atom. The quantitative estimate of drug-likeness (QED) is 0.770. The minimum atomic E-state index is -3.96. The van der Waals surface area contributed by atoms with Crippen LogP contribution in [0.15, 0.2) is 65.6 Å². The van der Waals surface area contributed by atoms with Crippen molar-refractivity contribution in [3.8, 4) is 0 Å². The molecule has 0 bridgehead atoms. The molecule has 0 aliphatic rings. The van der Waals surface area contributed by atoms with Crippen LogP contribution in [0.25, 0.3) is 10.8 Å². The van der Waals surface area contributed by atoms with E-state index in [1.807, 2.05) is 42.5 Å². The molecular formula is C18H15F2NO2S. The molecule has 3 aromatic carbocycles. The first-order valence-corrected chi connectivity index (χ1v) is 8.81. The molecule has 1 N–H and O–H groups in total. The smallest absolute Gasteiger partial charge is 0.207 e. The van der Waals surface area contributed by atoms with Crippen LogP contribution in [0, 0.1) is 11.6 Å². The molecule has 1 atom stereocenters. The molecule has 0 aliphatic carbocycles. The molecule has 124 valence electrons. The SMILES string of the molecule is C[C@H](NS(=O)(=O)c1ccc(F)c(F)c1)c1ccc2ccccc2c1. The van der Waals surface area contributed by atoms with Gasteiger partial charge >= 0.3 is 0 Å². The van der Waals surface area contributed by atoms with Crippen molar-refractivity contribution < 1.29 is 17.2 Å². The normalized spacial score (nSPS) is 13.1. The Hall–Kier alpha value is -2.31. The summed E-state index contributed by atoms with van der Waals surface area (Å²) in [6, 6.07) is 15.4. The predicted molar refractivity (Wildman–Crippen MR) is 89.0 cm³/mol. The first-order chi connectivity index (χ1) is 11.4. The lowest BCUT2D eigenvalue weighted by molar-refractivity contribution is 0.503. The molecule has 0 saturated carbocycles. The number of hydrogen-bond acceptors (Lipinski definition) is 2. The van der Waals surface area contributed by atoms with E-state index in [9.17, 15) is 17.2 Å². The summed E-state index contributed by atoms with van der Waals surface area (Å²) in [7, 11) is -3.96. The Kier molecular flexibility index (Phi) is 4.34. The van der Waals surface area contributed by atoms with Gasteiger partial charge in [-0.2, -0.15) is 0 Å². The van der Waals surface area contributed by atoms with E-state index in [0.29, 0.717) is 6.07 Å². The van der Waals surface area contributed by atoms with E-state index in [1.54, 1.807) is 6.92 Å². The first-order valence-electron chi connectivity index (χ1n) is 7.33. The Labute approximate surface area is 139 Å². The molecule has 0 aliphatic heterocycles. The van der Waals surface area contributed by atoms with Crippen LogP contribution in [0.2, 0.25) is 0 Å². The number of hydrogen-bond donors (Lipinski definition) is 1. The van der Waals surface area contributed by atoms with Gasteiger partial charge in [-0.25, -0.2) is 21.9 Å². The molecule has 6 heteroatoms. The number of halogens is 2. The highest BCUT2D eigenvalue weighted by Gasteiger charge is 2.20. The van der Waals surface area contributed by atoms with Crippen LogP contribution in [0.3, 0.4) is 0 Å². The van der Waals surface area contributed by atoms with Crippen molar-refractivity contribution in [2.24, 2.45) is 0 Å². The summed E-state index contributed by atoms with van der Waals surface area (Å²) in [4.78, 5) is -0.311. The standard InChI is InChI=1S/C18H15F2NO2S/c1-12(14-7-6-13-4-2-3-5-15(13)10-14)21-24(22,23)16-8-9-17(19)18(20)11-16/h2-12,21H,1H3/t12-/m0/s1. The summed E-state index contributed by atoms with van der Waals surface area (Å²) in [6.07, 6.45) is 0. The fourth-order valence-corrected chi connectivity index (χ4v) is 3.73. The highest BCUT2D eigenvalue weighted by atomic mass is 32.2. The maximum absolute atomic E-state index is 13.3. The first kappa shape index (κ1) is 16.5. The van der Waals surface area contributed by atoms with Gasteiger partial charge in [0.25, 0.3) is 0 Å². The van der Waals surface area contributed by atoms with E-state index < -0.39 is 27.7 Å². The average Bonchev–Trinajstić information content (AvgIpc) is 2.56. The third kappa shape index (κ3) is 3.29. The van der Waals surface area contributed by atoms with Crippen LogP contribution in [0.5, 0.6) is 0 Å². The van der Waals surface area contributed by atoms with Gasteiger partial charge in [-0.1, -0.05) is 36.4 Å². The van der Waals surface area contributed by atoms with Crippen LogP contribution in [-0.4, -0.2) is 8.42 Å². The molecule has 24 heavy (non-hydrogen) atoms. The van der Waals surface area contributed by atoms with Gasteiger partial charge in [-0.15, -0.1) is 0 Å². The van der Waals surface area contributed by atoms with Gasteiger partial charge in [-0.05, 0) is 47.5 Å². The lowest BCUT2D eigenvalue weighted by Crippen LogP contribution is -2.27. The van der Waals surface area contributed by atoms with Gasteiger partial charge in [0.2, 0.25) is 10.0 Å².